The van der Waals surface area contributed by atoms with Gasteiger partial charge in [-0.3, -0.25) is 4.79 Å². The minimum Gasteiger partial charge on any atom is -0.497 e. The average molecular weight is 207 g/mol. The number of methoxy groups -OCH3 is 1. The third-order valence-electron chi connectivity index (χ3n) is 2.36. The van der Waals surface area contributed by atoms with Crippen LogP contribution in [-0.2, 0) is 4.79 Å². The van der Waals surface area contributed by atoms with Crippen LogP contribution in [-0.4, -0.2) is 19.6 Å². The first-order valence-corrected chi connectivity index (χ1v) is 5.10. The predicted molar refractivity (Wildman–Crippen MR) is 60.1 cm³/mol. The summed E-state index contributed by atoms with van der Waals surface area (Å²) in [4.78, 5) is 11.6. The average Bonchev–Trinajstić information content (AvgIpc) is 2.28. The zero-order chi connectivity index (χ0) is 11.3. The van der Waals surface area contributed by atoms with Crippen molar-refractivity contribution < 1.29 is 9.53 Å². The smallest absolute Gasteiger partial charge is 0.227 e. The molecular weight excluding hydrogens is 190 g/mol. The standard InChI is InChI=1S/C12H17NO2/c1-4-13-12(14)9(2)10-5-7-11(15-3)8-6-10/h5-9H,4H2,1-3H3,(H,13,14). The predicted octanol–water partition coefficient (Wildman–Crippen LogP) is 1.93. The molecule has 1 rings (SSSR count). The van der Waals surface area contributed by atoms with Crippen molar-refractivity contribution in [3.05, 3.63) is 29.8 Å². The summed E-state index contributed by atoms with van der Waals surface area (Å²) in [6.45, 7) is 4.48. The van der Waals surface area contributed by atoms with E-state index in [0.717, 1.165) is 11.3 Å². The molecule has 0 saturated carbocycles. The van der Waals surface area contributed by atoms with Gasteiger partial charge in [-0.15, -0.1) is 0 Å². The molecule has 0 aliphatic rings. The van der Waals surface area contributed by atoms with Gasteiger partial charge in [-0.1, -0.05) is 12.1 Å². The van der Waals surface area contributed by atoms with E-state index in [4.69, 9.17) is 4.74 Å². The zero-order valence-corrected chi connectivity index (χ0v) is 9.41. The lowest BCUT2D eigenvalue weighted by molar-refractivity contribution is -0.122. The van der Waals surface area contributed by atoms with E-state index >= 15 is 0 Å². The number of carbonyl (C=O) groups excluding carboxylic acids is 1. The number of ether oxygens (including phenoxy) is 1. The maximum Gasteiger partial charge on any atom is 0.227 e. The van der Waals surface area contributed by atoms with Crippen LogP contribution in [0.5, 0.6) is 5.75 Å². The minimum absolute atomic E-state index is 0.0580. The highest BCUT2D eigenvalue weighted by atomic mass is 16.5. The largest absolute Gasteiger partial charge is 0.497 e. The Morgan fingerprint density at radius 3 is 2.47 bits per heavy atom. The number of amides is 1. The van der Waals surface area contributed by atoms with Crippen molar-refractivity contribution in [1.29, 1.82) is 0 Å². The molecule has 0 saturated heterocycles. The van der Waals surface area contributed by atoms with E-state index < -0.39 is 0 Å². The van der Waals surface area contributed by atoms with Gasteiger partial charge in [0.15, 0.2) is 0 Å². The van der Waals surface area contributed by atoms with Gasteiger partial charge >= 0.3 is 0 Å². The van der Waals surface area contributed by atoms with Gasteiger partial charge in [0.1, 0.15) is 5.75 Å². The maximum atomic E-state index is 11.6. The Bertz CT molecular complexity index is 319. The highest BCUT2D eigenvalue weighted by molar-refractivity contribution is 5.83. The first-order valence-electron chi connectivity index (χ1n) is 5.10. The van der Waals surface area contributed by atoms with Gasteiger partial charge in [0.2, 0.25) is 5.91 Å². The van der Waals surface area contributed by atoms with Crippen molar-refractivity contribution in [1.82, 2.24) is 5.32 Å². The summed E-state index contributed by atoms with van der Waals surface area (Å²) in [5.41, 5.74) is 1.00. The van der Waals surface area contributed by atoms with Crippen LogP contribution in [0.2, 0.25) is 0 Å². The Hall–Kier alpha value is -1.51. The molecule has 0 spiro atoms. The minimum atomic E-state index is -0.115. The van der Waals surface area contributed by atoms with Gasteiger partial charge < -0.3 is 10.1 Å². The fourth-order valence-electron chi connectivity index (χ4n) is 1.37. The fourth-order valence-corrected chi connectivity index (χ4v) is 1.37. The van der Waals surface area contributed by atoms with Crippen molar-refractivity contribution in [2.75, 3.05) is 13.7 Å². The quantitative estimate of drug-likeness (QED) is 0.819. The topological polar surface area (TPSA) is 38.3 Å². The van der Waals surface area contributed by atoms with Crippen LogP contribution in [0.15, 0.2) is 24.3 Å². The highest BCUT2D eigenvalue weighted by Crippen LogP contribution is 2.18. The molecule has 0 radical (unpaired) electrons. The molecule has 3 heteroatoms. The first kappa shape index (κ1) is 11.6. The molecule has 1 aromatic rings. The zero-order valence-electron chi connectivity index (χ0n) is 9.41. The lowest BCUT2D eigenvalue weighted by atomic mass is 10.0. The second-order valence-corrected chi connectivity index (χ2v) is 3.39. The first-order chi connectivity index (χ1) is 7.19. The molecule has 0 aromatic heterocycles. The van der Waals surface area contributed by atoms with E-state index in [9.17, 15) is 4.79 Å². The number of likely N-dealkylation sites (N-methyl/N-ethyl adjacent to an activating group) is 1. The maximum absolute atomic E-state index is 11.6. The second kappa shape index (κ2) is 5.39. The normalized spacial score (nSPS) is 11.9. The number of hydrogen-bond donors (Lipinski definition) is 1. The van der Waals surface area contributed by atoms with Crippen LogP contribution in [0.1, 0.15) is 25.3 Å². The molecule has 15 heavy (non-hydrogen) atoms. The van der Waals surface area contributed by atoms with Gasteiger partial charge in [-0.25, -0.2) is 0 Å². The van der Waals surface area contributed by atoms with E-state index in [1.807, 2.05) is 38.1 Å². The Morgan fingerprint density at radius 2 is 2.00 bits per heavy atom. The van der Waals surface area contributed by atoms with Crippen molar-refractivity contribution in [3.8, 4) is 5.75 Å². The molecule has 1 aromatic carbocycles. The van der Waals surface area contributed by atoms with Crippen molar-refractivity contribution in [2.45, 2.75) is 19.8 Å². The number of hydrogen-bond acceptors (Lipinski definition) is 2. The molecule has 0 aliphatic carbocycles. The summed E-state index contributed by atoms with van der Waals surface area (Å²) >= 11 is 0. The Labute approximate surface area is 90.4 Å². The molecule has 1 unspecified atom stereocenters. The fraction of sp³-hybridized carbons (Fsp3) is 0.417. The number of carbonyl (C=O) groups is 1. The Kier molecular flexibility index (Phi) is 4.16. The number of rotatable bonds is 4. The molecule has 0 fully saturated rings. The molecule has 1 atom stereocenters. The van der Waals surface area contributed by atoms with Gasteiger partial charge in [0, 0.05) is 6.54 Å². The van der Waals surface area contributed by atoms with Crippen LogP contribution in [0.4, 0.5) is 0 Å². The molecule has 82 valence electrons. The SMILES string of the molecule is CCNC(=O)C(C)c1ccc(OC)cc1. The van der Waals surface area contributed by atoms with Gasteiger partial charge in [0.25, 0.3) is 0 Å². The van der Waals surface area contributed by atoms with E-state index in [-0.39, 0.29) is 11.8 Å². The van der Waals surface area contributed by atoms with Crippen LogP contribution >= 0.6 is 0 Å². The molecule has 0 aliphatic heterocycles. The second-order valence-electron chi connectivity index (χ2n) is 3.39. The highest BCUT2D eigenvalue weighted by Gasteiger charge is 2.13. The van der Waals surface area contributed by atoms with Crippen LogP contribution in [0.3, 0.4) is 0 Å². The van der Waals surface area contributed by atoms with Crippen molar-refractivity contribution >= 4 is 5.91 Å². The van der Waals surface area contributed by atoms with Crippen molar-refractivity contribution in [2.24, 2.45) is 0 Å². The third kappa shape index (κ3) is 2.98. The molecule has 0 bridgehead atoms. The van der Waals surface area contributed by atoms with Crippen LogP contribution in [0, 0.1) is 0 Å². The lowest BCUT2D eigenvalue weighted by Crippen LogP contribution is -2.27. The Morgan fingerprint density at radius 1 is 1.40 bits per heavy atom. The van der Waals surface area contributed by atoms with Crippen LogP contribution in [0.25, 0.3) is 0 Å². The van der Waals surface area contributed by atoms with E-state index in [1.165, 1.54) is 0 Å². The summed E-state index contributed by atoms with van der Waals surface area (Å²) < 4.78 is 5.06. The molecule has 1 amide bonds. The summed E-state index contributed by atoms with van der Waals surface area (Å²) in [5, 5.41) is 2.80. The van der Waals surface area contributed by atoms with Gasteiger partial charge in [0.05, 0.1) is 13.0 Å². The monoisotopic (exact) mass is 207 g/mol. The van der Waals surface area contributed by atoms with E-state index in [0.29, 0.717) is 6.54 Å². The number of nitrogens with one attached hydrogen (secondary N) is 1. The lowest BCUT2D eigenvalue weighted by Gasteiger charge is -2.11. The van der Waals surface area contributed by atoms with Gasteiger partial charge in [-0.2, -0.15) is 0 Å². The van der Waals surface area contributed by atoms with Gasteiger partial charge in [-0.05, 0) is 31.5 Å². The van der Waals surface area contributed by atoms with Crippen molar-refractivity contribution in [3.63, 3.8) is 0 Å². The summed E-state index contributed by atoms with van der Waals surface area (Å²) in [7, 11) is 1.63. The van der Waals surface area contributed by atoms with E-state index in [1.54, 1.807) is 7.11 Å². The van der Waals surface area contributed by atoms with Crippen LogP contribution < -0.4 is 10.1 Å². The Balaban J connectivity index is 2.73. The summed E-state index contributed by atoms with van der Waals surface area (Å²) in [6.07, 6.45) is 0. The summed E-state index contributed by atoms with van der Waals surface area (Å²) in [6, 6.07) is 7.56. The number of benzene rings is 1. The summed E-state index contributed by atoms with van der Waals surface area (Å²) in [5.74, 6) is 0.750. The van der Waals surface area contributed by atoms with E-state index in [2.05, 4.69) is 5.32 Å². The molecular formula is C12H17NO2. The molecule has 1 N–H and O–H groups in total. The molecule has 0 heterocycles. The molecule has 3 nitrogen and oxygen atoms in total. The third-order valence-corrected chi connectivity index (χ3v) is 2.36.